The fourth-order valence-electron chi connectivity index (χ4n) is 1.93. The van der Waals surface area contributed by atoms with E-state index >= 15 is 0 Å². The summed E-state index contributed by atoms with van der Waals surface area (Å²) >= 11 is 0. The molecule has 0 heterocycles. The van der Waals surface area contributed by atoms with E-state index in [2.05, 4.69) is 31.2 Å². The van der Waals surface area contributed by atoms with Gasteiger partial charge in [-0.3, -0.25) is 4.79 Å². The molecule has 1 nitrogen and oxygen atoms in total. The van der Waals surface area contributed by atoms with E-state index in [1.165, 1.54) is 5.56 Å². The van der Waals surface area contributed by atoms with Gasteiger partial charge in [0.1, 0.15) is 0 Å². The molecule has 0 saturated heterocycles. The second kappa shape index (κ2) is 4.54. The van der Waals surface area contributed by atoms with E-state index in [1.807, 2.05) is 25.1 Å². The van der Waals surface area contributed by atoms with E-state index in [4.69, 9.17) is 0 Å². The normalized spacial score (nSPS) is 10.3. The molecule has 1 heteroatoms. The molecule has 0 aliphatic heterocycles. The van der Waals surface area contributed by atoms with Gasteiger partial charge in [-0.15, -0.1) is 0 Å². The molecule has 0 fully saturated rings. The van der Waals surface area contributed by atoms with E-state index in [-0.39, 0.29) is 5.78 Å². The molecule has 0 radical (unpaired) electrons. The first-order valence-electron chi connectivity index (χ1n) is 5.76. The lowest BCUT2D eigenvalue weighted by Crippen LogP contribution is -1.96. The second-order valence-electron chi connectivity index (χ2n) is 4.47. The molecule has 0 saturated carbocycles. The average molecular weight is 224 g/mol. The summed E-state index contributed by atoms with van der Waals surface area (Å²) in [6, 6.07) is 14.3. The number of ketones is 1. The highest BCUT2D eigenvalue weighted by Gasteiger charge is 2.08. The van der Waals surface area contributed by atoms with Crippen LogP contribution in [0.25, 0.3) is 11.1 Å². The van der Waals surface area contributed by atoms with Crippen LogP contribution in [0.5, 0.6) is 0 Å². The maximum Gasteiger partial charge on any atom is 0.160 e. The molecule has 17 heavy (non-hydrogen) atoms. The van der Waals surface area contributed by atoms with Crippen molar-refractivity contribution in [2.24, 2.45) is 0 Å². The van der Waals surface area contributed by atoms with E-state index in [1.54, 1.807) is 6.92 Å². The summed E-state index contributed by atoms with van der Waals surface area (Å²) in [6.45, 7) is 5.68. The van der Waals surface area contributed by atoms with Gasteiger partial charge in [-0.05, 0) is 38.0 Å². The Morgan fingerprint density at radius 3 is 2.06 bits per heavy atom. The Kier molecular flexibility index (Phi) is 3.10. The minimum absolute atomic E-state index is 0.115. The van der Waals surface area contributed by atoms with Gasteiger partial charge in [0.2, 0.25) is 0 Å². The van der Waals surface area contributed by atoms with Crippen LogP contribution >= 0.6 is 0 Å². The third kappa shape index (κ3) is 2.44. The Labute approximate surface area is 102 Å². The number of aryl methyl sites for hydroxylation is 2. The molecule has 0 aromatic heterocycles. The van der Waals surface area contributed by atoms with Gasteiger partial charge < -0.3 is 0 Å². The van der Waals surface area contributed by atoms with Gasteiger partial charge in [0.15, 0.2) is 5.78 Å². The molecule has 2 rings (SSSR count). The van der Waals surface area contributed by atoms with E-state index < -0.39 is 0 Å². The first-order chi connectivity index (χ1) is 8.08. The molecule has 86 valence electrons. The molecule has 0 unspecified atom stereocenters. The van der Waals surface area contributed by atoms with Crippen molar-refractivity contribution in [3.05, 3.63) is 59.2 Å². The van der Waals surface area contributed by atoms with Crippen LogP contribution in [0.4, 0.5) is 0 Å². The topological polar surface area (TPSA) is 17.1 Å². The predicted molar refractivity (Wildman–Crippen MR) is 71.4 cm³/mol. The van der Waals surface area contributed by atoms with Crippen molar-refractivity contribution in [2.75, 3.05) is 0 Å². The number of carbonyl (C=O) groups excluding carboxylic acids is 1. The minimum Gasteiger partial charge on any atom is -0.294 e. The van der Waals surface area contributed by atoms with Gasteiger partial charge in [-0.25, -0.2) is 0 Å². The maximum atomic E-state index is 11.7. The van der Waals surface area contributed by atoms with Crippen LogP contribution in [0.2, 0.25) is 0 Å². The van der Waals surface area contributed by atoms with Gasteiger partial charge >= 0.3 is 0 Å². The fraction of sp³-hybridized carbons (Fsp3) is 0.188. The molecular formula is C16H16O. The highest BCUT2D eigenvalue weighted by atomic mass is 16.1. The van der Waals surface area contributed by atoms with E-state index in [9.17, 15) is 4.79 Å². The molecule has 0 aliphatic rings. The molecule has 2 aromatic rings. The third-order valence-corrected chi connectivity index (χ3v) is 2.92. The second-order valence-corrected chi connectivity index (χ2v) is 4.47. The first-order valence-corrected chi connectivity index (χ1v) is 5.76. The number of benzene rings is 2. The lowest BCUT2D eigenvalue weighted by molar-refractivity contribution is 0.101. The number of hydrogen-bond acceptors (Lipinski definition) is 1. The van der Waals surface area contributed by atoms with Crippen molar-refractivity contribution >= 4 is 5.78 Å². The van der Waals surface area contributed by atoms with Crippen molar-refractivity contribution in [1.29, 1.82) is 0 Å². The Hall–Kier alpha value is -1.89. The summed E-state index contributed by atoms with van der Waals surface area (Å²) in [5, 5.41) is 0. The Morgan fingerprint density at radius 1 is 0.882 bits per heavy atom. The van der Waals surface area contributed by atoms with E-state index in [0.29, 0.717) is 0 Å². The first kappa shape index (κ1) is 11.6. The van der Waals surface area contributed by atoms with Crippen LogP contribution in [0.3, 0.4) is 0 Å². The van der Waals surface area contributed by atoms with Gasteiger partial charge in [0.25, 0.3) is 0 Å². The zero-order valence-corrected chi connectivity index (χ0v) is 10.4. The summed E-state index contributed by atoms with van der Waals surface area (Å²) < 4.78 is 0. The minimum atomic E-state index is 0.115. The van der Waals surface area contributed by atoms with Crippen LogP contribution in [0.15, 0.2) is 42.5 Å². The zero-order chi connectivity index (χ0) is 12.4. The Bertz CT molecular complexity index is 550. The lowest BCUT2D eigenvalue weighted by atomic mass is 9.95. The number of carbonyl (C=O) groups is 1. The van der Waals surface area contributed by atoms with E-state index in [0.717, 1.165) is 22.3 Å². The monoisotopic (exact) mass is 224 g/mol. The largest absolute Gasteiger partial charge is 0.294 e. The standard InChI is InChI=1S/C16H16O/c1-11-4-7-14(8-5-11)15-9-6-12(2)10-16(15)13(3)17/h4-10H,1-3H3. The summed E-state index contributed by atoms with van der Waals surface area (Å²) in [5.74, 6) is 0.115. The molecule has 0 bridgehead atoms. The van der Waals surface area contributed by atoms with Gasteiger partial charge in [0.05, 0.1) is 0 Å². The highest BCUT2D eigenvalue weighted by molar-refractivity contribution is 6.01. The van der Waals surface area contributed by atoms with Crippen molar-refractivity contribution in [2.45, 2.75) is 20.8 Å². The maximum absolute atomic E-state index is 11.7. The summed E-state index contributed by atoms with van der Waals surface area (Å²) in [5.41, 5.74) is 5.26. The Morgan fingerprint density at radius 2 is 1.47 bits per heavy atom. The fourth-order valence-corrected chi connectivity index (χ4v) is 1.93. The number of hydrogen-bond donors (Lipinski definition) is 0. The third-order valence-electron chi connectivity index (χ3n) is 2.92. The van der Waals surface area contributed by atoms with Crippen molar-refractivity contribution in [3.63, 3.8) is 0 Å². The molecule has 0 N–H and O–H groups in total. The lowest BCUT2D eigenvalue weighted by Gasteiger charge is -2.08. The average Bonchev–Trinajstić information content (AvgIpc) is 2.30. The molecule has 0 amide bonds. The van der Waals surface area contributed by atoms with Crippen molar-refractivity contribution in [3.8, 4) is 11.1 Å². The Balaban J connectivity index is 2.58. The van der Waals surface area contributed by atoms with Crippen molar-refractivity contribution in [1.82, 2.24) is 0 Å². The van der Waals surface area contributed by atoms with Crippen molar-refractivity contribution < 1.29 is 4.79 Å². The molecule has 0 atom stereocenters. The smallest absolute Gasteiger partial charge is 0.160 e. The SMILES string of the molecule is CC(=O)c1cc(C)ccc1-c1ccc(C)cc1. The van der Waals surface area contributed by atoms with Gasteiger partial charge in [-0.1, -0.05) is 47.5 Å². The molecular weight excluding hydrogens is 208 g/mol. The van der Waals surface area contributed by atoms with Gasteiger partial charge in [0, 0.05) is 5.56 Å². The predicted octanol–water partition coefficient (Wildman–Crippen LogP) is 4.17. The van der Waals surface area contributed by atoms with Crippen LogP contribution in [-0.4, -0.2) is 5.78 Å². The van der Waals surface area contributed by atoms with Crippen LogP contribution in [-0.2, 0) is 0 Å². The van der Waals surface area contributed by atoms with Crippen LogP contribution in [0.1, 0.15) is 28.4 Å². The molecule has 2 aromatic carbocycles. The summed E-state index contributed by atoms with van der Waals surface area (Å²) in [6.07, 6.45) is 0. The van der Waals surface area contributed by atoms with Crippen LogP contribution in [0, 0.1) is 13.8 Å². The van der Waals surface area contributed by atoms with Crippen LogP contribution < -0.4 is 0 Å². The summed E-state index contributed by atoms with van der Waals surface area (Å²) in [4.78, 5) is 11.7. The molecule has 0 spiro atoms. The number of Topliss-reactive ketones (excluding diaryl/α,β-unsaturated/α-hetero) is 1. The molecule has 0 aliphatic carbocycles. The zero-order valence-electron chi connectivity index (χ0n) is 10.4. The highest BCUT2D eigenvalue weighted by Crippen LogP contribution is 2.25. The quantitative estimate of drug-likeness (QED) is 0.699. The number of rotatable bonds is 2. The van der Waals surface area contributed by atoms with Gasteiger partial charge in [-0.2, -0.15) is 0 Å². The summed E-state index contributed by atoms with van der Waals surface area (Å²) in [7, 11) is 0.